The molecule has 144 valence electrons. The van der Waals surface area contributed by atoms with Crippen molar-refractivity contribution in [2.24, 2.45) is 7.05 Å². The van der Waals surface area contributed by atoms with Gasteiger partial charge in [0.1, 0.15) is 0 Å². The maximum Gasteiger partial charge on any atom is 0.225 e. The maximum absolute atomic E-state index is 13.0. The van der Waals surface area contributed by atoms with E-state index in [2.05, 4.69) is 10.00 Å². The highest BCUT2D eigenvalue weighted by Crippen LogP contribution is 2.30. The molecule has 0 bridgehead atoms. The van der Waals surface area contributed by atoms with Crippen LogP contribution in [-0.4, -0.2) is 89.3 Å². The predicted molar refractivity (Wildman–Crippen MR) is 96.4 cm³/mol. The highest BCUT2D eigenvalue weighted by Gasteiger charge is 2.37. The third kappa shape index (κ3) is 4.24. The van der Waals surface area contributed by atoms with E-state index in [1.165, 1.54) is 0 Å². The van der Waals surface area contributed by atoms with Gasteiger partial charge >= 0.3 is 0 Å². The van der Waals surface area contributed by atoms with Gasteiger partial charge in [-0.1, -0.05) is 0 Å². The summed E-state index contributed by atoms with van der Waals surface area (Å²) in [6.45, 7) is 3.10. The van der Waals surface area contributed by atoms with Crippen LogP contribution < -0.4 is 0 Å². The van der Waals surface area contributed by atoms with Gasteiger partial charge in [0.05, 0.1) is 24.9 Å². The molecule has 2 saturated heterocycles. The van der Waals surface area contributed by atoms with Crippen molar-refractivity contribution in [3.8, 4) is 0 Å². The summed E-state index contributed by atoms with van der Waals surface area (Å²) in [5, 5.41) is 4.27. The molecule has 3 heterocycles. The first-order valence-electron chi connectivity index (χ1n) is 9.28. The quantitative estimate of drug-likeness (QED) is 0.725. The molecule has 2 aliphatic heterocycles. The molecule has 0 aromatic carbocycles. The molecular weight excluding hydrogens is 334 g/mol. The van der Waals surface area contributed by atoms with Crippen molar-refractivity contribution >= 4 is 11.8 Å². The Morgan fingerprint density at radius 3 is 2.81 bits per heavy atom. The van der Waals surface area contributed by atoms with Crippen LogP contribution in [0.1, 0.15) is 30.9 Å². The van der Waals surface area contributed by atoms with Crippen LogP contribution in [0.4, 0.5) is 0 Å². The average Bonchev–Trinajstić information content (AvgIpc) is 3.20. The highest BCUT2D eigenvalue weighted by molar-refractivity contribution is 5.80. The molecule has 2 atom stereocenters. The average molecular weight is 363 g/mol. The molecule has 1 aromatic rings. The first-order chi connectivity index (χ1) is 12.5. The monoisotopic (exact) mass is 363 g/mol. The van der Waals surface area contributed by atoms with Gasteiger partial charge in [0, 0.05) is 57.8 Å². The molecule has 0 N–H and O–H groups in total. The minimum atomic E-state index is -0.151. The maximum atomic E-state index is 13.0. The van der Waals surface area contributed by atoms with Crippen LogP contribution in [0.5, 0.6) is 0 Å². The van der Waals surface area contributed by atoms with E-state index >= 15 is 0 Å². The van der Waals surface area contributed by atoms with Gasteiger partial charge in [-0.25, -0.2) is 0 Å². The van der Waals surface area contributed by atoms with E-state index in [0.29, 0.717) is 32.5 Å². The second-order valence-corrected chi connectivity index (χ2v) is 7.39. The summed E-state index contributed by atoms with van der Waals surface area (Å²) in [6.07, 6.45) is 5.53. The smallest absolute Gasteiger partial charge is 0.225 e. The lowest BCUT2D eigenvalue weighted by Crippen LogP contribution is -2.51. The highest BCUT2D eigenvalue weighted by atomic mass is 16.5. The van der Waals surface area contributed by atoms with Gasteiger partial charge in [0.2, 0.25) is 11.8 Å². The Bertz CT molecular complexity index is 645. The number of hydrogen-bond acceptors (Lipinski definition) is 5. The number of aromatic nitrogens is 2. The van der Waals surface area contributed by atoms with Crippen molar-refractivity contribution in [3.63, 3.8) is 0 Å². The summed E-state index contributed by atoms with van der Waals surface area (Å²) in [6, 6.07) is -0.151. The van der Waals surface area contributed by atoms with Gasteiger partial charge in [0.25, 0.3) is 0 Å². The molecule has 2 amide bonds. The topological polar surface area (TPSA) is 70.9 Å². The number of carbonyl (C=O) groups excluding carboxylic acids is 2. The van der Waals surface area contributed by atoms with Crippen LogP contribution in [0.15, 0.2) is 12.4 Å². The molecule has 0 spiro atoms. The number of amides is 2. The van der Waals surface area contributed by atoms with Crippen LogP contribution in [-0.2, 0) is 21.4 Å². The van der Waals surface area contributed by atoms with Crippen LogP contribution in [0, 0.1) is 0 Å². The molecule has 2 aliphatic rings. The largest absolute Gasteiger partial charge is 0.373 e. The third-order valence-corrected chi connectivity index (χ3v) is 5.05. The van der Waals surface area contributed by atoms with Crippen molar-refractivity contribution in [3.05, 3.63) is 18.0 Å². The molecule has 0 unspecified atom stereocenters. The van der Waals surface area contributed by atoms with E-state index in [1.807, 2.05) is 38.4 Å². The van der Waals surface area contributed by atoms with Gasteiger partial charge in [-0.3, -0.25) is 14.3 Å². The molecular formula is C18H29N5O3. The molecule has 8 heteroatoms. The number of morpholine rings is 1. The Labute approximate surface area is 154 Å². The zero-order chi connectivity index (χ0) is 18.7. The number of rotatable bonds is 6. The molecule has 1 aromatic heterocycles. The minimum Gasteiger partial charge on any atom is -0.373 e. The summed E-state index contributed by atoms with van der Waals surface area (Å²) in [5.74, 6) is 0.236. The fourth-order valence-corrected chi connectivity index (χ4v) is 3.83. The Hall–Kier alpha value is -1.93. The number of carbonyl (C=O) groups is 2. The van der Waals surface area contributed by atoms with Gasteiger partial charge in [-0.05, 0) is 20.5 Å². The zero-order valence-electron chi connectivity index (χ0n) is 15.9. The van der Waals surface area contributed by atoms with Crippen molar-refractivity contribution in [1.29, 1.82) is 0 Å². The van der Waals surface area contributed by atoms with Crippen molar-refractivity contribution < 1.29 is 14.3 Å². The van der Waals surface area contributed by atoms with E-state index in [-0.39, 0.29) is 24.0 Å². The number of hydrogen-bond donors (Lipinski definition) is 0. The lowest BCUT2D eigenvalue weighted by molar-refractivity contribution is -0.148. The molecule has 0 aliphatic carbocycles. The van der Waals surface area contributed by atoms with Crippen molar-refractivity contribution in [2.75, 3.05) is 46.9 Å². The SMILES string of the molecule is CN(C)C[C@@H]1OCCN(C(=O)CCN2CCCC2=O)[C@H]1c1cnn(C)c1. The lowest BCUT2D eigenvalue weighted by atomic mass is 10.00. The standard InChI is InChI=1S/C18H29N5O3/c1-20(2)13-15-18(14-11-19-21(3)12-14)23(9-10-26-15)17(25)6-8-22-7-4-5-16(22)24/h11-12,15,18H,4-10,13H2,1-3H3/t15-,18-/m0/s1. The Morgan fingerprint density at radius 2 is 2.19 bits per heavy atom. The van der Waals surface area contributed by atoms with E-state index in [9.17, 15) is 9.59 Å². The Kier molecular flexibility index (Phi) is 5.93. The van der Waals surface area contributed by atoms with E-state index in [4.69, 9.17) is 4.74 Å². The molecule has 26 heavy (non-hydrogen) atoms. The summed E-state index contributed by atoms with van der Waals surface area (Å²) >= 11 is 0. The molecule has 8 nitrogen and oxygen atoms in total. The molecule has 3 rings (SSSR count). The van der Waals surface area contributed by atoms with E-state index in [0.717, 1.165) is 25.1 Å². The number of ether oxygens (including phenoxy) is 1. The summed E-state index contributed by atoms with van der Waals surface area (Å²) in [5.41, 5.74) is 0.990. The van der Waals surface area contributed by atoms with Gasteiger partial charge in [0.15, 0.2) is 0 Å². The summed E-state index contributed by atoms with van der Waals surface area (Å²) < 4.78 is 7.76. The van der Waals surface area contributed by atoms with E-state index < -0.39 is 0 Å². The van der Waals surface area contributed by atoms with Crippen molar-refractivity contribution in [1.82, 2.24) is 24.5 Å². The summed E-state index contributed by atoms with van der Waals surface area (Å²) in [7, 11) is 5.88. The number of aryl methyl sites for hydroxylation is 1. The first kappa shape index (κ1) is 18.8. The number of likely N-dealkylation sites (N-methyl/N-ethyl adjacent to an activating group) is 1. The fraction of sp³-hybridized carbons (Fsp3) is 0.722. The number of nitrogens with zero attached hydrogens (tertiary/aromatic N) is 5. The number of likely N-dealkylation sites (tertiary alicyclic amines) is 1. The van der Waals surface area contributed by atoms with Crippen LogP contribution >= 0.6 is 0 Å². The zero-order valence-corrected chi connectivity index (χ0v) is 15.9. The van der Waals surface area contributed by atoms with Gasteiger partial charge < -0.3 is 19.4 Å². The Morgan fingerprint density at radius 1 is 1.38 bits per heavy atom. The van der Waals surface area contributed by atoms with Crippen LogP contribution in [0.2, 0.25) is 0 Å². The fourth-order valence-electron chi connectivity index (χ4n) is 3.83. The second-order valence-electron chi connectivity index (χ2n) is 7.39. The normalized spacial score (nSPS) is 23.9. The summed E-state index contributed by atoms with van der Waals surface area (Å²) in [4.78, 5) is 30.6. The minimum absolute atomic E-state index is 0.0746. The Balaban J connectivity index is 1.73. The molecule has 0 radical (unpaired) electrons. The van der Waals surface area contributed by atoms with Gasteiger partial charge in [-0.2, -0.15) is 5.10 Å². The molecule has 0 saturated carbocycles. The predicted octanol–water partition coefficient (Wildman–Crippen LogP) is 0.263. The van der Waals surface area contributed by atoms with E-state index in [1.54, 1.807) is 9.58 Å². The van der Waals surface area contributed by atoms with Crippen LogP contribution in [0.3, 0.4) is 0 Å². The first-order valence-corrected chi connectivity index (χ1v) is 9.28. The second kappa shape index (κ2) is 8.18. The van der Waals surface area contributed by atoms with Crippen LogP contribution in [0.25, 0.3) is 0 Å². The molecule has 2 fully saturated rings. The van der Waals surface area contributed by atoms with Crippen molar-refractivity contribution in [2.45, 2.75) is 31.4 Å². The lowest BCUT2D eigenvalue weighted by Gasteiger charge is -2.42. The third-order valence-electron chi connectivity index (χ3n) is 5.05. The van der Waals surface area contributed by atoms with Gasteiger partial charge in [-0.15, -0.1) is 0 Å².